The minimum Gasteiger partial charge on any atom is -0.339 e. The smallest absolute Gasteiger partial charge is 0.254 e. The molecule has 0 atom stereocenters. The van der Waals surface area contributed by atoms with Crippen LogP contribution in [-0.4, -0.2) is 42.3 Å². The number of halogens is 1. The molecule has 4 nitrogen and oxygen atoms in total. The Kier molecular flexibility index (Phi) is 7.09. The molecule has 1 saturated heterocycles. The van der Waals surface area contributed by atoms with Crippen LogP contribution in [0.15, 0.2) is 48.5 Å². The summed E-state index contributed by atoms with van der Waals surface area (Å²) in [6.45, 7) is 4.60. The molecule has 1 amide bonds. The van der Waals surface area contributed by atoms with Crippen LogP contribution in [0.25, 0.3) is 0 Å². The summed E-state index contributed by atoms with van der Waals surface area (Å²) in [4.78, 5) is 28.0. The Balaban J connectivity index is 0.00000240. The van der Waals surface area contributed by atoms with Gasteiger partial charge >= 0.3 is 0 Å². The van der Waals surface area contributed by atoms with E-state index in [4.69, 9.17) is 0 Å². The zero-order valence-electron chi connectivity index (χ0n) is 16.9. The molecular formula is C24H29ClN2O2. The van der Waals surface area contributed by atoms with Gasteiger partial charge in [0.1, 0.15) is 0 Å². The van der Waals surface area contributed by atoms with Crippen LogP contribution in [0.1, 0.15) is 57.5 Å². The summed E-state index contributed by atoms with van der Waals surface area (Å²) in [6.07, 6.45) is 4.67. The van der Waals surface area contributed by atoms with Crippen molar-refractivity contribution in [1.29, 1.82) is 0 Å². The van der Waals surface area contributed by atoms with Gasteiger partial charge in [-0.2, -0.15) is 0 Å². The summed E-state index contributed by atoms with van der Waals surface area (Å²) in [5.41, 5.74) is 2.73. The number of carbonyl (C=O) groups is 2. The maximum Gasteiger partial charge on any atom is 0.254 e. The van der Waals surface area contributed by atoms with Crippen molar-refractivity contribution in [2.75, 3.05) is 19.6 Å². The lowest BCUT2D eigenvalue weighted by Crippen LogP contribution is -2.45. The van der Waals surface area contributed by atoms with Crippen LogP contribution < -0.4 is 5.32 Å². The fraction of sp³-hybridized carbons (Fsp3) is 0.417. The number of hydrogen-bond donors (Lipinski definition) is 1. The number of benzene rings is 2. The summed E-state index contributed by atoms with van der Waals surface area (Å²) >= 11 is 0. The van der Waals surface area contributed by atoms with E-state index in [1.807, 2.05) is 48.2 Å². The first-order valence-corrected chi connectivity index (χ1v) is 10.3. The van der Waals surface area contributed by atoms with Crippen molar-refractivity contribution in [2.24, 2.45) is 5.92 Å². The van der Waals surface area contributed by atoms with Gasteiger partial charge < -0.3 is 10.2 Å². The van der Waals surface area contributed by atoms with E-state index in [0.717, 1.165) is 44.0 Å². The first-order valence-electron chi connectivity index (χ1n) is 10.3. The summed E-state index contributed by atoms with van der Waals surface area (Å²) in [5.74, 6) is 0.751. The maximum atomic E-state index is 13.1. The molecule has 2 fully saturated rings. The molecule has 2 aromatic rings. The van der Waals surface area contributed by atoms with Crippen LogP contribution in [0, 0.1) is 12.8 Å². The van der Waals surface area contributed by atoms with Crippen molar-refractivity contribution in [2.45, 2.75) is 38.6 Å². The summed E-state index contributed by atoms with van der Waals surface area (Å²) in [6, 6.07) is 15.2. The van der Waals surface area contributed by atoms with Gasteiger partial charge in [-0.3, -0.25) is 9.59 Å². The second kappa shape index (κ2) is 9.55. The molecule has 0 unspecified atom stereocenters. The predicted octanol–water partition coefficient (Wildman–Crippen LogP) is 4.25. The molecule has 4 rings (SSSR count). The standard InChI is InChI=1S/C24H28N2O2.ClH/c1-17-6-10-19(11-7-17)23(27)21-4-2-3-5-22(21)24(28)26-14-12-20(13-15-26)25-16-18-8-9-18;/h2-7,10-11,18,20,25H,8-9,12-16H2,1H3;1H. The highest BCUT2D eigenvalue weighted by Crippen LogP contribution is 2.28. The van der Waals surface area contributed by atoms with Crippen molar-refractivity contribution in [3.63, 3.8) is 0 Å². The average Bonchev–Trinajstić information content (AvgIpc) is 3.57. The molecule has 0 spiro atoms. The lowest BCUT2D eigenvalue weighted by Gasteiger charge is -2.33. The van der Waals surface area contributed by atoms with Gasteiger partial charge in [-0.1, -0.05) is 48.0 Å². The van der Waals surface area contributed by atoms with Crippen LogP contribution in [0.3, 0.4) is 0 Å². The van der Waals surface area contributed by atoms with Crippen molar-refractivity contribution < 1.29 is 9.59 Å². The average molecular weight is 413 g/mol. The van der Waals surface area contributed by atoms with E-state index < -0.39 is 0 Å². The zero-order chi connectivity index (χ0) is 19.5. The van der Waals surface area contributed by atoms with E-state index in [9.17, 15) is 9.59 Å². The molecule has 1 saturated carbocycles. The van der Waals surface area contributed by atoms with Crippen molar-refractivity contribution >= 4 is 24.1 Å². The third kappa shape index (κ3) is 5.26. The third-order valence-electron chi connectivity index (χ3n) is 5.89. The molecule has 5 heteroatoms. The zero-order valence-corrected chi connectivity index (χ0v) is 17.7. The number of amides is 1. The monoisotopic (exact) mass is 412 g/mol. The van der Waals surface area contributed by atoms with E-state index in [2.05, 4.69) is 5.32 Å². The number of hydrogen-bond acceptors (Lipinski definition) is 3. The Morgan fingerprint density at radius 1 is 0.931 bits per heavy atom. The minimum atomic E-state index is -0.0927. The topological polar surface area (TPSA) is 49.4 Å². The first kappa shape index (κ1) is 21.5. The largest absolute Gasteiger partial charge is 0.339 e. The first-order chi connectivity index (χ1) is 13.6. The number of piperidine rings is 1. The highest BCUT2D eigenvalue weighted by Gasteiger charge is 2.28. The highest BCUT2D eigenvalue weighted by atomic mass is 35.5. The Labute approximate surface area is 179 Å². The fourth-order valence-corrected chi connectivity index (χ4v) is 3.84. The van der Waals surface area contributed by atoms with Gasteiger partial charge in [0, 0.05) is 30.3 Å². The number of nitrogens with one attached hydrogen (secondary N) is 1. The second-order valence-electron chi connectivity index (χ2n) is 8.16. The quantitative estimate of drug-likeness (QED) is 0.721. The van der Waals surface area contributed by atoms with Crippen molar-refractivity contribution in [3.05, 3.63) is 70.8 Å². The Bertz CT molecular complexity index is 853. The van der Waals surface area contributed by atoms with E-state index in [0.29, 0.717) is 22.7 Å². The van der Waals surface area contributed by atoms with E-state index in [1.165, 1.54) is 12.8 Å². The lowest BCUT2D eigenvalue weighted by molar-refractivity contribution is 0.0701. The molecule has 0 aromatic heterocycles. The van der Waals surface area contributed by atoms with Gasteiger partial charge in [-0.15, -0.1) is 12.4 Å². The number of ketones is 1. The molecule has 154 valence electrons. The van der Waals surface area contributed by atoms with Crippen LogP contribution in [0.2, 0.25) is 0 Å². The predicted molar refractivity (Wildman–Crippen MR) is 118 cm³/mol. The highest BCUT2D eigenvalue weighted by molar-refractivity contribution is 6.15. The van der Waals surface area contributed by atoms with Crippen molar-refractivity contribution in [1.82, 2.24) is 10.2 Å². The van der Waals surface area contributed by atoms with Gasteiger partial charge in [0.15, 0.2) is 5.78 Å². The van der Waals surface area contributed by atoms with E-state index in [1.54, 1.807) is 12.1 Å². The van der Waals surface area contributed by atoms with Crippen LogP contribution in [0.5, 0.6) is 0 Å². The van der Waals surface area contributed by atoms with Crippen LogP contribution >= 0.6 is 12.4 Å². The molecular weight excluding hydrogens is 384 g/mol. The molecule has 2 aromatic carbocycles. The Morgan fingerprint density at radius 2 is 1.55 bits per heavy atom. The number of likely N-dealkylation sites (tertiary alicyclic amines) is 1. The summed E-state index contributed by atoms with van der Waals surface area (Å²) in [5, 5.41) is 3.65. The van der Waals surface area contributed by atoms with Crippen LogP contribution in [0.4, 0.5) is 0 Å². The minimum absolute atomic E-state index is 0. The van der Waals surface area contributed by atoms with Crippen molar-refractivity contribution in [3.8, 4) is 0 Å². The molecule has 1 aliphatic carbocycles. The lowest BCUT2D eigenvalue weighted by atomic mass is 9.96. The van der Waals surface area contributed by atoms with Gasteiger partial charge in [0.25, 0.3) is 5.91 Å². The van der Waals surface area contributed by atoms with E-state index >= 15 is 0 Å². The number of nitrogens with zero attached hydrogens (tertiary/aromatic N) is 1. The number of carbonyl (C=O) groups excluding carboxylic acids is 2. The van der Waals surface area contributed by atoms with E-state index in [-0.39, 0.29) is 24.1 Å². The third-order valence-corrected chi connectivity index (χ3v) is 5.89. The summed E-state index contributed by atoms with van der Waals surface area (Å²) < 4.78 is 0. The number of rotatable bonds is 6. The maximum absolute atomic E-state index is 13.1. The van der Waals surface area contributed by atoms with Crippen LogP contribution in [-0.2, 0) is 0 Å². The molecule has 1 N–H and O–H groups in total. The molecule has 0 radical (unpaired) electrons. The normalized spacial score (nSPS) is 16.9. The fourth-order valence-electron chi connectivity index (χ4n) is 3.84. The van der Waals surface area contributed by atoms with Gasteiger partial charge in [-0.05, 0) is 51.1 Å². The van der Waals surface area contributed by atoms with Gasteiger partial charge in [-0.25, -0.2) is 0 Å². The molecule has 1 heterocycles. The second-order valence-corrected chi connectivity index (χ2v) is 8.16. The molecule has 1 aliphatic heterocycles. The SMILES string of the molecule is Cc1ccc(C(=O)c2ccccc2C(=O)N2CCC(NCC3CC3)CC2)cc1.Cl. The Morgan fingerprint density at radius 3 is 2.17 bits per heavy atom. The molecule has 0 bridgehead atoms. The summed E-state index contributed by atoms with van der Waals surface area (Å²) in [7, 11) is 0. The van der Waals surface area contributed by atoms with Gasteiger partial charge in [0.05, 0.1) is 5.56 Å². The van der Waals surface area contributed by atoms with Gasteiger partial charge in [0.2, 0.25) is 0 Å². The Hall–Kier alpha value is -2.17. The number of aryl methyl sites for hydroxylation is 1. The molecule has 29 heavy (non-hydrogen) atoms. The molecule has 2 aliphatic rings.